The molecule has 24 heavy (non-hydrogen) atoms. The van der Waals surface area contributed by atoms with Crippen LogP contribution in [-0.4, -0.2) is 52.3 Å². The van der Waals surface area contributed by atoms with Crippen LogP contribution >= 0.6 is 0 Å². The molecule has 4 rings (SSSR count). The molecule has 2 aliphatic rings. The lowest BCUT2D eigenvalue weighted by atomic mass is 9.96. The average Bonchev–Trinajstić information content (AvgIpc) is 2.98. The van der Waals surface area contributed by atoms with Gasteiger partial charge in [0.15, 0.2) is 11.5 Å². The molecule has 1 aliphatic heterocycles. The lowest BCUT2D eigenvalue weighted by Gasteiger charge is -2.44. The number of fused-ring (bicyclic) bond motifs is 1. The summed E-state index contributed by atoms with van der Waals surface area (Å²) >= 11 is 0. The summed E-state index contributed by atoms with van der Waals surface area (Å²) in [7, 11) is 1.84. The Labute approximate surface area is 140 Å². The number of rotatable bonds is 3. The van der Waals surface area contributed by atoms with Crippen molar-refractivity contribution in [2.24, 2.45) is 0 Å². The fraction of sp³-hybridized carbons (Fsp3) is 0.529. The number of likely N-dealkylation sites (N-methyl/N-ethyl adjacent to an activating group) is 1. The van der Waals surface area contributed by atoms with E-state index in [2.05, 4.69) is 20.3 Å². The molecule has 3 heterocycles. The molecule has 1 saturated heterocycles. The maximum absolute atomic E-state index is 12.8. The van der Waals surface area contributed by atoms with Crippen LogP contribution in [0.2, 0.25) is 0 Å². The molecule has 0 N–H and O–H groups in total. The van der Waals surface area contributed by atoms with Crippen molar-refractivity contribution in [3.63, 3.8) is 0 Å². The molecular formula is C17H21N5O2. The highest BCUT2D eigenvalue weighted by Gasteiger charge is 2.36. The fourth-order valence-electron chi connectivity index (χ4n) is 3.33. The number of aryl methyl sites for hydroxylation is 2. The van der Waals surface area contributed by atoms with Crippen LogP contribution in [0.25, 0.3) is 0 Å². The van der Waals surface area contributed by atoms with Gasteiger partial charge in [0.05, 0.1) is 11.7 Å². The van der Waals surface area contributed by atoms with E-state index in [0.717, 1.165) is 61.6 Å². The Morgan fingerprint density at radius 1 is 1.25 bits per heavy atom. The molecule has 0 saturated carbocycles. The molecule has 126 valence electrons. The maximum atomic E-state index is 12.8. The van der Waals surface area contributed by atoms with Gasteiger partial charge in [-0.15, -0.1) is 5.10 Å². The number of carbonyl (C=O) groups is 1. The van der Waals surface area contributed by atoms with Gasteiger partial charge < -0.3 is 14.3 Å². The molecule has 0 unspecified atom stereocenters. The Bertz CT molecular complexity index is 749. The summed E-state index contributed by atoms with van der Waals surface area (Å²) in [5, 5.41) is 12.3. The third-order valence-electron chi connectivity index (χ3n) is 4.99. The zero-order valence-electron chi connectivity index (χ0n) is 14.0. The van der Waals surface area contributed by atoms with E-state index in [9.17, 15) is 4.79 Å². The maximum Gasteiger partial charge on any atom is 0.276 e. The van der Waals surface area contributed by atoms with E-state index >= 15 is 0 Å². The molecule has 2 aromatic rings. The summed E-state index contributed by atoms with van der Waals surface area (Å²) in [4.78, 5) is 16.7. The van der Waals surface area contributed by atoms with Gasteiger partial charge in [-0.1, -0.05) is 5.16 Å². The Morgan fingerprint density at radius 2 is 2.04 bits per heavy atom. The number of hydrogen-bond acceptors (Lipinski definition) is 6. The number of hydrogen-bond donors (Lipinski definition) is 0. The average molecular weight is 327 g/mol. The summed E-state index contributed by atoms with van der Waals surface area (Å²) in [5.41, 5.74) is 2.42. The van der Waals surface area contributed by atoms with Gasteiger partial charge in [-0.2, -0.15) is 5.10 Å². The highest BCUT2D eigenvalue weighted by Crippen LogP contribution is 2.27. The smallest absolute Gasteiger partial charge is 0.276 e. The van der Waals surface area contributed by atoms with Gasteiger partial charge in [0.25, 0.3) is 5.91 Å². The number of anilines is 1. The van der Waals surface area contributed by atoms with Crippen LogP contribution in [0.4, 0.5) is 5.82 Å². The van der Waals surface area contributed by atoms with E-state index in [-0.39, 0.29) is 11.9 Å². The molecular weight excluding hydrogens is 306 g/mol. The molecule has 0 spiro atoms. The van der Waals surface area contributed by atoms with E-state index in [1.165, 1.54) is 0 Å². The van der Waals surface area contributed by atoms with Gasteiger partial charge >= 0.3 is 0 Å². The molecule has 1 amide bonds. The largest absolute Gasteiger partial charge is 0.360 e. The van der Waals surface area contributed by atoms with Crippen molar-refractivity contribution in [1.29, 1.82) is 0 Å². The van der Waals surface area contributed by atoms with E-state index in [1.807, 2.05) is 26.1 Å². The molecule has 0 atom stereocenters. The monoisotopic (exact) mass is 327 g/mol. The summed E-state index contributed by atoms with van der Waals surface area (Å²) < 4.78 is 5.37. The van der Waals surface area contributed by atoms with Gasteiger partial charge in [-0.05, 0) is 38.3 Å². The normalized spacial score (nSPS) is 17.3. The zero-order valence-corrected chi connectivity index (χ0v) is 14.0. The Morgan fingerprint density at radius 3 is 2.79 bits per heavy atom. The van der Waals surface area contributed by atoms with Crippen molar-refractivity contribution in [1.82, 2.24) is 20.3 Å². The van der Waals surface area contributed by atoms with Crippen LogP contribution in [0.15, 0.2) is 16.7 Å². The highest BCUT2D eigenvalue weighted by atomic mass is 16.5. The van der Waals surface area contributed by atoms with Crippen molar-refractivity contribution in [2.75, 3.05) is 25.0 Å². The second-order valence-corrected chi connectivity index (χ2v) is 6.65. The molecule has 7 nitrogen and oxygen atoms in total. The number of nitrogens with zero attached hydrogens (tertiary/aromatic N) is 5. The first-order valence-corrected chi connectivity index (χ1v) is 8.43. The molecule has 7 heteroatoms. The number of carbonyl (C=O) groups excluding carboxylic acids is 1. The Kier molecular flexibility index (Phi) is 3.70. The third-order valence-corrected chi connectivity index (χ3v) is 4.99. The molecule has 0 bridgehead atoms. The summed E-state index contributed by atoms with van der Waals surface area (Å²) in [5.74, 6) is 1.71. The summed E-state index contributed by atoms with van der Waals surface area (Å²) in [6.45, 7) is 3.45. The predicted octanol–water partition coefficient (Wildman–Crippen LogP) is 1.61. The fourth-order valence-corrected chi connectivity index (χ4v) is 3.33. The van der Waals surface area contributed by atoms with Crippen molar-refractivity contribution < 1.29 is 9.32 Å². The van der Waals surface area contributed by atoms with Gasteiger partial charge in [-0.3, -0.25) is 4.79 Å². The van der Waals surface area contributed by atoms with Crippen LogP contribution in [0, 0.1) is 6.92 Å². The van der Waals surface area contributed by atoms with Crippen molar-refractivity contribution in [3.8, 4) is 0 Å². The first-order valence-electron chi connectivity index (χ1n) is 8.43. The lowest BCUT2D eigenvalue weighted by molar-refractivity contribution is 0.0693. The second-order valence-electron chi connectivity index (χ2n) is 6.65. The van der Waals surface area contributed by atoms with E-state index in [4.69, 9.17) is 4.52 Å². The lowest BCUT2D eigenvalue weighted by Crippen LogP contribution is -2.60. The van der Waals surface area contributed by atoms with Crippen molar-refractivity contribution in [3.05, 3.63) is 34.8 Å². The van der Waals surface area contributed by atoms with Gasteiger partial charge in [0, 0.05) is 32.1 Å². The van der Waals surface area contributed by atoms with Crippen molar-refractivity contribution >= 4 is 11.7 Å². The molecule has 1 fully saturated rings. The molecule has 2 aromatic heterocycles. The molecule has 0 aromatic carbocycles. The molecule has 1 aliphatic carbocycles. The number of amides is 1. The topological polar surface area (TPSA) is 75.4 Å². The third kappa shape index (κ3) is 2.53. The zero-order chi connectivity index (χ0) is 16.7. The summed E-state index contributed by atoms with van der Waals surface area (Å²) in [6.07, 6.45) is 3.99. The molecule has 0 radical (unpaired) electrons. The van der Waals surface area contributed by atoms with Crippen molar-refractivity contribution in [2.45, 2.75) is 38.6 Å². The summed E-state index contributed by atoms with van der Waals surface area (Å²) in [6, 6.07) is 4.08. The minimum absolute atomic E-state index is 0.0402. The van der Waals surface area contributed by atoms with Gasteiger partial charge in [0.2, 0.25) is 0 Å². The van der Waals surface area contributed by atoms with E-state index in [1.54, 1.807) is 4.90 Å². The van der Waals surface area contributed by atoms with Crippen LogP contribution in [0.3, 0.4) is 0 Å². The first-order chi connectivity index (χ1) is 11.6. The Balaban J connectivity index is 1.42. The standard InChI is InChI=1S/C17H21N5O2/c1-11-7-8-15(19-18-11)22-9-12(10-22)21(2)17(23)16-13-5-3-4-6-14(13)24-20-16/h7-8,12H,3-6,9-10H2,1-2H3. The second kappa shape index (κ2) is 5.89. The van der Waals surface area contributed by atoms with E-state index in [0.29, 0.717) is 5.69 Å². The minimum Gasteiger partial charge on any atom is -0.360 e. The van der Waals surface area contributed by atoms with E-state index < -0.39 is 0 Å². The Hall–Kier alpha value is -2.44. The van der Waals surface area contributed by atoms with Gasteiger partial charge in [0.1, 0.15) is 5.76 Å². The van der Waals surface area contributed by atoms with Crippen LogP contribution < -0.4 is 4.90 Å². The van der Waals surface area contributed by atoms with Crippen LogP contribution in [-0.2, 0) is 12.8 Å². The number of aromatic nitrogens is 3. The SMILES string of the molecule is Cc1ccc(N2CC(N(C)C(=O)c3noc4c3CCCC4)C2)nn1. The predicted molar refractivity (Wildman–Crippen MR) is 88.0 cm³/mol. The minimum atomic E-state index is -0.0402. The van der Waals surface area contributed by atoms with Gasteiger partial charge in [-0.25, -0.2) is 0 Å². The quantitative estimate of drug-likeness (QED) is 0.852. The first kappa shape index (κ1) is 15.1. The highest BCUT2D eigenvalue weighted by molar-refractivity contribution is 5.94. The van der Waals surface area contributed by atoms with Crippen LogP contribution in [0.5, 0.6) is 0 Å². The van der Waals surface area contributed by atoms with Crippen LogP contribution in [0.1, 0.15) is 40.3 Å².